The maximum Gasteiger partial charge on any atom is 0.258 e. The van der Waals surface area contributed by atoms with E-state index in [0.29, 0.717) is 16.4 Å². The predicted molar refractivity (Wildman–Crippen MR) is 142 cm³/mol. The van der Waals surface area contributed by atoms with E-state index in [1.165, 1.54) is 60.8 Å². The standard InChI is InChI=1S/C27H31N3O2S2/c1-19-13-15-20(16-14-19)23-17-34-27(29-23)30-26(32)22-11-7-8-12-24(22)33-18-25(31)28-21-9-5-3-2-4-6-10-21/h7-8,11-17,21H,2-6,9-10,18H2,1H3,(H,28,31)(H,29,30,32). The zero-order chi connectivity index (χ0) is 23.8. The maximum atomic E-state index is 13.0. The van der Waals surface area contributed by atoms with Crippen LogP contribution in [-0.4, -0.2) is 28.6 Å². The van der Waals surface area contributed by atoms with E-state index in [1.807, 2.05) is 54.8 Å². The molecule has 1 aliphatic rings. The van der Waals surface area contributed by atoms with Crippen molar-refractivity contribution in [2.45, 2.75) is 62.8 Å². The molecule has 0 spiro atoms. The van der Waals surface area contributed by atoms with Crippen LogP contribution in [0.25, 0.3) is 11.3 Å². The summed E-state index contributed by atoms with van der Waals surface area (Å²) < 4.78 is 0. The molecule has 0 bridgehead atoms. The molecule has 178 valence electrons. The largest absolute Gasteiger partial charge is 0.353 e. The molecule has 2 aromatic carbocycles. The van der Waals surface area contributed by atoms with Crippen molar-refractivity contribution in [2.24, 2.45) is 0 Å². The zero-order valence-corrected chi connectivity index (χ0v) is 21.1. The minimum absolute atomic E-state index is 0.0356. The van der Waals surface area contributed by atoms with Crippen molar-refractivity contribution in [2.75, 3.05) is 11.1 Å². The highest BCUT2D eigenvalue weighted by Gasteiger charge is 2.17. The average Bonchev–Trinajstić information content (AvgIpc) is 3.28. The van der Waals surface area contributed by atoms with Crippen LogP contribution in [0.1, 0.15) is 60.9 Å². The van der Waals surface area contributed by atoms with Crippen molar-refractivity contribution in [1.29, 1.82) is 0 Å². The van der Waals surface area contributed by atoms with Crippen molar-refractivity contribution in [3.8, 4) is 11.3 Å². The van der Waals surface area contributed by atoms with Crippen LogP contribution in [0.15, 0.2) is 58.8 Å². The van der Waals surface area contributed by atoms with Crippen LogP contribution < -0.4 is 10.6 Å². The normalized spacial score (nSPS) is 14.7. The molecule has 1 aromatic heterocycles. The zero-order valence-electron chi connectivity index (χ0n) is 19.5. The summed E-state index contributed by atoms with van der Waals surface area (Å²) in [5.41, 5.74) is 3.61. The van der Waals surface area contributed by atoms with E-state index in [-0.39, 0.29) is 17.9 Å². The van der Waals surface area contributed by atoms with Gasteiger partial charge in [0, 0.05) is 21.9 Å². The molecule has 1 aliphatic carbocycles. The lowest BCUT2D eigenvalue weighted by molar-refractivity contribution is -0.119. The van der Waals surface area contributed by atoms with Crippen LogP contribution in [0, 0.1) is 6.92 Å². The van der Waals surface area contributed by atoms with Gasteiger partial charge >= 0.3 is 0 Å². The van der Waals surface area contributed by atoms with Gasteiger partial charge < -0.3 is 5.32 Å². The second-order valence-corrected chi connectivity index (χ2v) is 10.6. The van der Waals surface area contributed by atoms with E-state index in [9.17, 15) is 9.59 Å². The highest BCUT2D eigenvalue weighted by atomic mass is 32.2. The lowest BCUT2D eigenvalue weighted by Crippen LogP contribution is -2.36. The van der Waals surface area contributed by atoms with Gasteiger partial charge in [0.05, 0.1) is 17.0 Å². The van der Waals surface area contributed by atoms with Gasteiger partial charge in [-0.3, -0.25) is 14.9 Å². The molecule has 0 atom stereocenters. The molecule has 2 N–H and O–H groups in total. The molecule has 0 unspecified atom stereocenters. The molecule has 1 fully saturated rings. The van der Waals surface area contributed by atoms with Crippen molar-refractivity contribution in [3.63, 3.8) is 0 Å². The molecule has 1 saturated carbocycles. The number of hydrogen-bond donors (Lipinski definition) is 2. The van der Waals surface area contributed by atoms with E-state index in [0.717, 1.165) is 29.0 Å². The van der Waals surface area contributed by atoms with Crippen LogP contribution in [-0.2, 0) is 4.79 Å². The Hall–Kier alpha value is -2.64. The van der Waals surface area contributed by atoms with Crippen LogP contribution >= 0.6 is 23.1 Å². The number of thioether (sulfide) groups is 1. The van der Waals surface area contributed by atoms with Crippen LogP contribution in [0.3, 0.4) is 0 Å². The highest BCUT2D eigenvalue weighted by molar-refractivity contribution is 8.00. The SMILES string of the molecule is Cc1ccc(-c2csc(NC(=O)c3ccccc3SCC(=O)NC3CCCCCCC3)n2)cc1. The maximum absolute atomic E-state index is 13.0. The van der Waals surface area contributed by atoms with Gasteiger partial charge in [0.25, 0.3) is 5.91 Å². The van der Waals surface area contributed by atoms with Gasteiger partial charge in [-0.05, 0) is 31.9 Å². The first kappa shape index (κ1) is 24.5. The van der Waals surface area contributed by atoms with Crippen LogP contribution in [0.4, 0.5) is 5.13 Å². The Morgan fingerprint density at radius 1 is 1.00 bits per heavy atom. The fourth-order valence-electron chi connectivity index (χ4n) is 4.15. The van der Waals surface area contributed by atoms with Gasteiger partial charge in [-0.1, -0.05) is 74.1 Å². The molecule has 0 aliphatic heterocycles. The monoisotopic (exact) mass is 493 g/mol. The predicted octanol–water partition coefficient (Wildman–Crippen LogP) is 6.69. The van der Waals surface area contributed by atoms with Crippen molar-refractivity contribution >= 4 is 40.0 Å². The summed E-state index contributed by atoms with van der Waals surface area (Å²) in [5.74, 6) is 0.122. The summed E-state index contributed by atoms with van der Waals surface area (Å²) in [7, 11) is 0. The van der Waals surface area contributed by atoms with Gasteiger partial charge in [0.15, 0.2) is 5.13 Å². The molecule has 1 heterocycles. The van der Waals surface area contributed by atoms with E-state index in [4.69, 9.17) is 0 Å². The fraction of sp³-hybridized carbons (Fsp3) is 0.370. The summed E-state index contributed by atoms with van der Waals surface area (Å²) in [6.07, 6.45) is 8.32. The number of nitrogens with zero attached hydrogens (tertiary/aromatic N) is 1. The fourth-order valence-corrected chi connectivity index (χ4v) is 5.72. The van der Waals surface area contributed by atoms with Crippen molar-refractivity contribution < 1.29 is 9.59 Å². The Bertz CT molecular complexity index is 1100. The summed E-state index contributed by atoms with van der Waals surface area (Å²) >= 11 is 2.81. The van der Waals surface area contributed by atoms with Gasteiger partial charge in [-0.2, -0.15) is 0 Å². The summed E-state index contributed by atoms with van der Waals surface area (Å²) in [6.45, 7) is 2.05. The molecular weight excluding hydrogens is 462 g/mol. The third kappa shape index (κ3) is 6.93. The van der Waals surface area contributed by atoms with E-state index < -0.39 is 0 Å². The van der Waals surface area contributed by atoms with Gasteiger partial charge in [0.1, 0.15) is 0 Å². The lowest BCUT2D eigenvalue weighted by Gasteiger charge is -2.21. The molecule has 34 heavy (non-hydrogen) atoms. The van der Waals surface area contributed by atoms with Gasteiger partial charge in [0.2, 0.25) is 5.91 Å². The summed E-state index contributed by atoms with van der Waals surface area (Å²) in [4.78, 5) is 30.9. The lowest BCUT2D eigenvalue weighted by atomic mass is 9.97. The van der Waals surface area contributed by atoms with Gasteiger partial charge in [-0.25, -0.2) is 4.98 Å². The van der Waals surface area contributed by atoms with Crippen LogP contribution in [0.5, 0.6) is 0 Å². The summed E-state index contributed by atoms with van der Waals surface area (Å²) in [5, 5.41) is 8.62. The highest BCUT2D eigenvalue weighted by Crippen LogP contribution is 2.27. The van der Waals surface area contributed by atoms with E-state index in [2.05, 4.69) is 15.6 Å². The topological polar surface area (TPSA) is 71.1 Å². The first-order chi connectivity index (χ1) is 16.6. The third-order valence-corrected chi connectivity index (χ3v) is 7.86. The molecule has 7 heteroatoms. The Balaban J connectivity index is 1.35. The molecule has 0 radical (unpaired) electrons. The van der Waals surface area contributed by atoms with Crippen molar-refractivity contribution in [3.05, 3.63) is 65.0 Å². The van der Waals surface area contributed by atoms with E-state index in [1.54, 1.807) is 6.07 Å². The molecule has 5 nitrogen and oxygen atoms in total. The second kappa shape index (κ2) is 12.2. The molecule has 0 saturated heterocycles. The number of hydrogen-bond acceptors (Lipinski definition) is 5. The average molecular weight is 494 g/mol. The Labute approximate surface area is 209 Å². The number of nitrogens with one attached hydrogen (secondary N) is 2. The summed E-state index contributed by atoms with van der Waals surface area (Å²) in [6, 6.07) is 15.9. The molecule has 4 rings (SSSR count). The number of aryl methyl sites for hydroxylation is 1. The number of anilines is 1. The Kier molecular flexibility index (Phi) is 8.77. The number of amides is 2. The number of benzene rings is 2. The number of thiazole rings is 1. The molecule has 3 aromatic rings. The molecular formula is C27H31N3O2S2. The Morgan fingerprint density at radius 3 is 2.47 bits per heavy atom. The Morgan fingerprint density at radius 2 is 1.71 bits per heavy atom. The smallest absolute Gasteiger partial charge is 0.258 e. The number of rotatable bonds is 7. The van der Waals surface area contributed by atoms with E-state index >= 15 is 0 Å². The number of carbonyl (C=O) groups is 2. The minimum Gasteiger partial charge on any atom is -0.353 e. The quantitative estimate of drug-likeness (QED) is 0.360. The number of aromatic nitrogens is 1. The first-order valence-corrected chi connectivity index (χ1v) is 13.8. The second-order valence-electron chi connectivity index (χ2n) is 8.75. The van der Waals surface area contributed by atoms with Crippen LogP contribution in [0.2, 0.25) is 0 Å². The minimum atomic E-state index is -0.215. The van der Waals surface area contributed by atoms with Gasteiger partial charge in [-0.15, -0.1) is 23.1 Å². The first-order valence-electron chi connectivity index (χ1n) is 11.9. The third-order valence-electron chi connectivity index (χ3n) is 6.03. The van der Waals surface area contributed by atoms with Crippen molar-refractivity contribution in [1.82, 2.24) is 10.3 Å². The molecule has 2 amide bonds. The number of carbonyl (C=O) groups excluding carboxylic acids is 2.